The van der Waals surface area contributed by atoms with Gasteiger partial charge in [-0.05, 0) is 25.5 Å². The number of aryl methyl sites for hydroxylation is 1. The highest BCUT2D eigenvalue weighted by atomic mass is 16.3. The molecule has 3 aromatic rings. The lowest BCUT2D eigenvalue weighted by atomic mass is 10.2. The molecule has 0 bridgehead atoms. The molecule has 10 heteroatoms. The van der Waals surface area contributed by atoms with Gasteiger partial charge in [-0.1, -0.05) is 0 Å². The smallest absolute Gasteiger partial charge is 0.246 e. The van der Waals surface area contributed by atoms with E-state index >= 15 is 0 Å². The summed E-state index contributed by atoms with van der Waals surface area (Å²) in [5, 5.41) is 19.9. The third-order valence-electron chi connectivity index (χ3n) is 4.91. The molecule has 3 N–H and O–H groups in total. The number of carbonyl (C=O) groups is 1. The second kappa shape index (κ2) is 7.38. The van der Waals surface area contributed by atoms with E-state index in [0.29, 0.717) is 36.2 Å². The van der Waals surface area contributed by atoms with Crippen LogP contribution in [-0.2, 0) is 17.9 Å². The lowest BCUT2D eigenvalue weighted by Crippen LogP contribution is -2.44. The number of hydrogen-bond donors (Lipinski definition) is 3. The van der Waals surface area contributed by atoms with Crippen molar-refractivity contribution in [2.24, 2.45) is 0 Å². The first-order valence-corrected chi connectivity index (χ1v) is 9.22. The second-order valence-electron chi connectivity index (χ2n) is 7.03. The number of carbonyl (C=O) groups excluding carboxylic acids is 1. The molecule has 0 saturated carbocycles. The molecule has 150 valence electrons. The first kappa shape index (κ1) is 18.7. The van der Waals surface area contributed by atoms with Crippen LogP contribution in [-0.4, -0.2) is 48.8 Å². The van der Waals surface area contributed by atoms with Crippen molar-refractivity contribution in [2.45, 2.75) is 33.0 Å². The molecule has 29 heavy (non-hydrogen) atoms. The quantitative estimate of drug-likeness (QED) is 0.596. The van der Waals surface area contributed by atoms with Crippen LogP contribution in [0.5, 0.6) is 5.88 Å². The molecule has 0 spiro atoms. The number of aromatic nitrogens is 5. The van der Waals surface area contributed by atoms with Crippen LogP contribution in [0.15, 0.2) is 30.7 Å². The Labute approximate surface area is 167 Å². The lowest BCUT2D eigenvalue weighted by molar-refractivity contribution is -0.117. The fraction of sp³-hybridized carbons (Fsp3) is 0.316. The van der Waals surface area contributed by atoms with Gasteiger partial charge in [-0.15, -0.1) is 0 Å². The van der Waals surface area contributed by atoms with Gasteiger partial charge in [0.2, 0.25) is 17.7 Å². The van der Waals surface area contributed by atoms with Gasteiger partial charge in [0.15, 0.2) is 5.82 Å². The highest BCUT2D eigenvalue weighted by molar-refractivity contribution is 6.03. The van der Waals surface area contributed by atoms with E-state index in [1.807, 2.05) is 38.1 Å². The Bertz CT molecular complexity index is 1060. The second-order valence-corrected chi connectivity index (χ2v) is 7.03. The Kier molecular flexibility index (Phi) is 4.75. The van der Waals surface area contributed by atoms with Gasteiger partial charge in [0, 0.05) is 37.6 Å². The van der Waals surface area contributed by atoms with Gasteiger partial charge in [-0.25, -0.2) is 9.97 Å². The largest absolute Gasteiger partial charge is 0.493 e. The van der Waals surface area contributed by atoms with E-state index in [0.717, 1.165) is 11.1 Å². The van der Waals surface area contributed by atoms with Crippen molar-refractivity contribution in [3.05, 3.63) is 47.5 Å². The van der Waals surface area contributed by atoms with Crippen molar-refractivity contribution < 1.29 is 9.90 Å². The minimum absolute atomic E-state index is 0.00745. The van der Waals surface area contributed by atoms with Gasteiger partial charge in [0.05, 0.1) is 18.4 Å². The number of fused-ring (bicyclic) bond motifs is 1. The molecule has 10 nitrogen and oxygen atoms in total. The predicted octanol–water partition coefficient (Wildman–Crippen LogP) is 1.52. The van der Waals surface area contributed by atoms with E-state index in [9.17, 15) is 9.90 Å². The monoisotopic (exact) mass is 394 g/mol. The maximum absolute atomic E-state index is 12.0. The Balaban J connectivity index is 1.45. The van der Waals surface area contributed by atoms with E-state index in [2.05, 4.69) is 30.7 Å². The highest BCUT2D eigenvalue weighted by Gasteiger charge is 2.30. The van der Waals surface area contributed by atoms with E-state index in [1.54, 1.807) is 23.1 Å². The SMILES string of the molecule is Cc1nc(NCc2cnn(Cc3ccnc(O)c3)c2)nc2c1NC(=O)[C@H](C)N2C. The van der Waals surface area contributed by atoms with E-state index < -0.39 is 0 Å². The number of hydrogen-bond acceptors (Lipinski definition) is 8. The van der Waals surface area contributed by atoms with Crippen molar-refractivity contribution in [2.75, 3.05) is 22.6 Å². The van der Waals surface area contributed by atoms with Gasteiger partial charge < -0.3 is 20.6 Å². The summed E-state index contributed by atoms with van der Waals surface area (Å²) in [6, 6.07) is 3.15. The van der Waals surface area contributed by atoms with Crippen LogP contribution >= 0.6 is 0 Å². The third-order valence-corrected chi connectivity index (χ3v) is 4.91. The topological polar surface area (TPSA) is 121 Å². The van der Waals surface area contributed by atoms with Crippen LogP contribution in [0.3, 0.4) is 0 Å². The van der Waals surface area contributed by atoms with Crippen LogP contribution in [0.25, 0.3) is 0 Å². The summed E-state index contributed by atoms with van der Waals surface area (Å²) in [5.41, 5.74) is 3.23. The zero-order valence-corrected chi connectivity index (χ0v) is 16.4. The number of pyridine rings is 1. The number of likely N-dealkylation sites (N-methyl/N-ethyl adjacent to an activating group) is 1. The van der Waals surface area contributed by atoms with Gasteiger partial charge in [0.1, 0.15) is 11.7 Å². The minimum Gasteiger partial charge on any atom is -0.493 e. The number of nitrogens with one attached hydrogen (secondary N) is 2. The molecule has 0 unspecified atom stereocenters. The lowest BCUT2D eigenvalue weighted by Gasteiger charge is -2.32. The van der Waals surface area contributed by atoms with Crippen LogP contribution in [0.4, 0.5) is 17.5 Å². The van der Waals surface area contributed by atoms with E-state index in [-0.39, 0.29) is 17.8 Å². The molecular weight excluding hydrogens is 372 g/mol. The van der Waals surface area contributed by atoms with Gasteiger partial charge in [0.25, 0.3) is 0 Å². The number of aromatic hydroxyl groups is 1. The molecular formula is C19H22N8O2. The molecule has 1 aliphatic heterocycles. The van der Waals surface area contributed by atoms with Crippen LogP contribution in [0.2, 0.25) is 0 Å². The number of anilines is 3. The summed E-state index contributed by atoms with van der Waals surface area (Å²) < 4.78 is 1.79. The molecule has 0 saturated heterocycles. The Morgan fingerprint density at radius 1 is 1.31 bits per heavy atom. The summed E-state index contributed by atoms with van der Waals surface area (Å²) in [6.45, 7) is 4.72. The first-order chi connectivity index (χ1) is 13.9. The Hall–Kier alpha value is -3.69. The maximum Gasteiger partial charge on any atom is 0.246 e. The van der Waals surface area contributed by atoms with Crippen molar-refractivity contribution in [3.63, 3.8) is 0 Å². The summed E-state index contributed by atoms with van der Waals surface area (Å²) in [5.74, 6) is 1.11. The molecule has 1 amide bonds. The fourth-order valence-electron chi connectivity index (χ4n) is 3.14. The van der Waals surface area contributed by atoms with Crippen molar-refractivity contribution >= 4 is 23.4 Å². The predicted molar refractivity (Wildman–Crippen MR) is 108 cm³/mol. The van der Waals surface area contributed by atoms with Crippen molar-refractivity contribution in [1.29, 1.82) is 0 Å². The summed E-state index contributed by atoms with van der Waals surface area (Å²) >= 11 is 0. The van der Waals surface area contributed by atoms with E-state index in [1.165, 1.54) is 0 Å². The van der Waals surface area contributed by atoms with Gasteiger partial charge in [-0.3, -0.25) is 9.48 Å². The zero-order chi connectivity index (χ0) is 20.5. The average Bonchev–Trinajstić information content (AvgIpc) is 3.13. The summed E-state index contributed by atoms with van der Waals surface area (Å²) in [6.07, 6.45) is 5.25. The molecule has 4 rings (SSSR count). The Morgan fingerprint density at radius 2 is 2.14 bits per heavy atom. The van der Waals surface area contributed by atoms with Crippen LogP contribution in [0.1, 0.15) is 23.7 Å². The summed E-state index contributed by atoms with van der Waals surface area (Å²) in [4.78, 5) is 26.7. The highest BCUT2D eigenvalue weighted by Crippen LogP contribution is 2.32. The third kappa shape index (κ3) is 3.82. The molecule has 3 aromatic heterocycles. The molecule has 1 atom stereocenters. The molecule has 1 aliphatic rings. The molecule has 0 radical (unpaired) electrons. The zero-order valence-electron chi connectivity index (χ0n) is 16.4. The number of nitrogens with zero attached hydrogens (tertiary/aromatic N) is 6. The number of amides is 1. The first-order valence-electron chi connectivity index (χ1n) is 9.22. The molecule has 0 aromatic carbocycles. The van der Waals surface area contributed by atoms with E-state index in [4.69, 9.17) is 0 Å². The van der Waals surface area contributed by atoms with Crippen molar-refractivity contribution in [1.82, 2.24) is 24.7 Å². The standard InChI is InChI=1S/C19H22N8O2/c1-11-16-17(26(3)12(2)18(29)24-16)25-19(23-11)21-7-14-8-22-27(10-14)9-13-4-5-20-15(28)6-13/h4-6,8,10,12H,7,9H2,1-3H3,(H,20,28)(H,24,29)(H,21,23,25)/t12-/m0/s1. The summed E-state index contributed by atoms with van der Waals surface area (Å²) in [7, 11) is 1.85. The van der Waals surface area contributed by atoms with Crippen LogP contribution in [0, 0.1) is 6.92 Å². The molecule has 0 fully saturated rings. The van der Waals surface area contributed by atoms with Gasteiger partial charge in [-0.2, -0.15) is 10.1 Å². The fourth-order valence-corrected chi connectivity index (χ4v) is 3.14. The maximum atomic E-state index is 12.0. The molecule has 4 heterocycles. The van der Waals surface area contributed by atoms with Crippen LogP contribution < -0.4 is 15.5 Å². The van der Waals surface area contributed by atoms with Gasteiger partial charge >= 0.3 is 0 Å². The Morgan fingerprint density at radius 3 is 2.93 bits per heavy atom. The molecule has 0 aliphatic carbocycles. The normalized spacial score (nSPS) is 15.8. The number of rotatable bonds is 5. The van der Waals surface area contributed by atoms with Crippen molar-refractivity contribution in [3.8, 4) is 5.88 Å². The average molecular weight is 394 g/mol. The minimum atomic E-state index is -0.296.